The van der Waals surface area contributed by atoms with E-state index in [0.717, 1.165) is 24.8 Å². The molecule has 8 heteroatoms. The van der Waals surface area contributed by atoms with Crippen molar-refractivity contribution in [3.05, 3.63) is 63.2 Å². The summed E-state index contributed by atoms with van der Waals surface area (Å²) < 4.78 is 12.7. The molecule has 0 saturated heterocycles. The minimum Gasteiger partial charge on any atom is -0.454 e. The van der Waals surface area contributed by atoms with Crippen molar-refractivity contribution in [1.82, 2.24) is 14.9 Å². The molecule has 0 fully saturated rings. The van der Waals surface area contributed by atoms with Crippen molar-refractivity contribution in [3.63, 3.8) is 0 Å². The lowest BCUT2D eigenvalue weighted by molar-refractivity contribution is -0.121. The molecule has 3 aromatic rings. The molecule has 1 aliphatic rings. The van der Waals surface area contributed by atoms with Gasteiger partial charge in [0.2, 0.25) is 12.7 Å². The van der Waals surface area contributed by atoms with Gasteiger partial charge < -0.3 is 19.8 Å². The minimum absolute atomic E-state index is 0.0371. The number of rotatable bonds is 8. The number of carbonyl (C=O) groups is 1. The van der Waals surface area contributed by atoms with Crippen molar-refractivity contribution in [2.45, 2.75) is 38.8 Å². The summed E-state index contributed by atoms with van der Waals surface area (Å²) in [6.45, 7) is 1.20. The molecule has 0 atom stereocenters. The maximum atomic E-state index is 12.9. The van der Waals surface area contributed by atoms with E-state index >= 15 is 0 Å². The summed E-state index contributed by atoms with van der Waals surface area (Å²) in [6.07, 6.45) is 2.83. The Balaban J connectivity index is 1.29. The van der Waals surface area contributed by atoms with Crippen molar-refractivity contribution < 1.29 is 14.3 Å². The molecule has 0 spiro atoms. The van der Waals surface area contributed by atoms with Gasteiger partial charge in [0.1, 0.15) is 0 Å². The van der Waals surface area contributed by atoms with Gasteiger partial charge in [0.15, 0.2) is 16.3 Å². The lowest BCUT2D eigenvalue weighted by Gasteiger charge is -2.09. The molecule has 7 nitrogen and oxygen atoms in total. The Morgan fingerprint density at radius 2 is 1.87 bits per heavy atom. The Labute approximate surface area is 178 Å². The van der Waals surface area contributed by atoms with Gasteiger partial charge in [-0.2, -0.15) is 0 Å². The topological polar surface area (TPSA) is 85.4 Å². The summed E-state index contributed by atoms with van der Waals surface area (Å²) in [5, 5.41) is 3.45. The van der Waals surface area contributed by atoms with E-state index in [1.54, 1.807) is 16.7 Å². The maximum absolute atomic E-state index is 12.9. The minimum atomic E-state index is -0.146. The van der Waals surface area contributed by atoms with Gasteiger partial charge in [-0.05, 0) is 36.7 Å². The SMILES string of the molecule is O=C(CCCCCn1c(=S)[nH]c2cc3c(cc2c1=O)OCO3)NCc1ccccc1. The van der Waals surface area contributed by atoms with Crippen molar-refractivity contribution >= 4 is 29.0 Å². The molecule has 0 saturated carbocycles. The van der Waals surface area contributed by atoms with Gasteiger partial charge in [-0.3, -0.25) is 14.2 Å². The average Bonchev–Trinajstić information content (AvgIpc) is 3.21. The van der Waals surface area contributed by atoms with Gasteiger partial charge in [-0.25, -0.2) is 0 Å². The number of benzene rings is 2. The summed E-state index contributed by atoms with van der Waals surface area (Å²) in [5.74, 6) is 1.21. The highest BCUT2D eigenvalue weighted by Crippen LogP contribution is 2.34. The van der Waals surface area contributed by atoms with Crippen LogP contribution >= 0.6 is 12.2 Å². The van der Waals surface area contributed by atoms with E-state index in [9.17, 15) is 9.59 Å². The third kappa shape index (κ3) is 4.54. The summed E-state index contributed by atoms with van der Waals surface area (Å²) in [4.78, 5) is 27.9. The molecular weight excluding hydrogens is 402 g/mol. The van der Waals surface area contributed by atoms with E-state index < -0.39 is 0 Å². The highest BCUT2D eigenvalue weighted by molar-refractivity contribution is 7.71. The van der Waals surface area contributed by atoms with Gasteiger partial charge >= 0.3 is 0 Å². The number of nitrogens with zero attached hydrogens (tertiary/aromatic N) is 1. The fraction of sp³-hybridized carbons (Fsp3) is 0.318. The van der Waals surface area contributed by atoms with Crippen LogP contribution in [0.4, 0.5) is 0 Å². The van der Waals surface area contributed by atoms with Crippen LogP contribution in [-0.2, 0) is 17.9 Å². The van der Waals surface area contributed by atoms with E-state index in [2.05, 4.69) is 10.3 Å². The van der Waals surface area contributed by atoms with Crippen LogP contribution in [0.2, 0.25) is 0 Å². The van der Waals surface area contributed by atoms with Crippen LogP contribution in [0.15, 0.2) is 47.3 Å². The van der Waals surface area contributed by atoms with Gasteiger partial charge in [-0.1, -0.05) is 36.8 Å². The van der Waals surface area contributed by atoms with E-state index in [-0.39, 0.29) is 18.3 Å². The number of aromatic amines is 1. The van der Waals surface area contributed by atoms with Gasteiger partial charge in [0.25, 0.3) is 5.56 Å². The second-order valence-corrected chi connectivity index (χ2v) is 7.60. The van der Waals surface area contributed by atoms with Gasteiger partial charge in [-0.15, -0.1) is 0 Å². The van der Waals surface area contributed by atoms with Crippen LogP contribution in [0.25, 0.3) is 10.9 Å². The zero-order chi connectivity index (χ0) is 20.9. The Hall–Kier alpha value is -3.13. The average molecular weight is 426 g/mol. The molecule has 1 amide bonds. The van der Waals surface area contributed by atoms with Crippen LogP contribution < -0.4 is 20.3 Å². The van der Waals surface area contributed by atoms with Crippen molar-refractivity contribution in [2.24, 2.45) is 0 Å². The second kappa shape index (κ2) is 9.13. The van der Waals surface area contributed by atoms with E-state index in [0.29, 0.717) is 46.7 Å². The molecule has 0 aliphatic carbocycles. The van der Waals surface area contributed by atoms with Crippen LogP contribution in [0, 0.1) is 4.77 Å². The number of hydrogen-bond donors (Lipinski definition) is 2. The zero-order valence-corrected chi connectivity index (χ0v) is 17.3. The van der Waals surface area contributed by atoms with Crippen molar-refractivity contribution in [2.75, 3.05) is 6.79 Å². The zero-order valence-electron chi connectivity index (χ0n) is 16.5. The summed E-state index contributed by atoms with van der Waals surface area (Å²) in [6, 6.07) is 13.3. The Morgan fingerprint density at radius 1 is 1.10 bits per heavy atom. The number of hydrogen-bond acceptors (Lipinski definition) is 5. The normalized spacial score (nSPS) is 12.3. The molecule has 0 radical (unpaired) electrons. The van der Waals surface area contributed by atoms with Crippen LogP contribution in [0.1, 0.15) is 31.2 Å². The molecule has 156 valence electrons. The Morgan fingerprint density at radius 3 is 2.67 bits per heavy atom. The van der Waals surface area contributed by atoms with Gasteiger partial charge in [0, 0.05) is 25.6 Å². The molecule has 0 bridgehead atoms. The van der Waals surface area contributed by atoms with Crippen molar-refractivity contribution in [1.29, 1.82) is 0 Å². The first-order valence-electron chi connectivity index (χ1n) is 9.99. The van der Waals surface area contributed by atoms with Gasteiger partial charge in [0.05, 0.1) is 10.9 Å². The highest BCUT2D eigenvalue weighted by Gasteiger charge is 2.17. The molecule has 1 aliphatic heterocycles. The van der Waals surface area contributed by atoms with E-state index in [4.69, 9.17) is 21.7 Å². The van der Waals surface area contributed by atoms with E-state index in [1.807, 2.05) is 30.3 Å². The summed E-state index contributed by atoms with van der Waals surface area (Å²) >= 11 is 5.37. The third-order valence-corrected chi connectivity index (χ3v) is 5.42. The number of nitrogens with one attached hydrogen (secondary N) is 2. The monoisotopic (exact) mass is 425 g/mol. The molecule has 30 heavy (non-hydrogen) atoms. The first-order chi connectivity index (χ1) is 14.6. The molecule has 0 unspecified atom stereocenters. The number of unbranched alkanes of at least 4 members (excludes halogenated alkanes) is 2. The summed E-state index contributed by atoms with van der Waals surface area (Å²) in [5.41, 5.74) is 1.58. The van der Waals surface area contributed by atoms with Crippen LogP contribution in [0.3, 0.4) is 0 Å². The molecule has 2 N–H and O–H groups in total. The molecule has 1 aromatic heterocycles. The fourth-order valence-electron chi connectivity index (χ4n) is 3.46. The largest absolute Gasteiger partial charge is 0.454 e. The first-order valence-corrected chi connectivity index (χ1v) is 10.4. The maximum Gasteiger partial charge on any atom is 0.262 e. The number of fused-ring (bicyclic) bond motifs is 2. The fourth-order valence-corrected chi connectivity index (χ4v) is 3.75. The lowest BCUT2D eigenvalue weighted by atomic mass is 10.1. The number of carbonyl (C=O) groups excluding carboxylic acids is 1. The quantitative estimate of drug-likeness (QED) is 0.425. The van der Waals surface area contributed by atoms with E-state index in [1.165, 1.54) is 0 Å². The molecule has 2 aromatic carbocycles. The number of amides is 1. The number of aromatic nitrogens is 2. The molecule has 2 heterocycles. The smallest absolute Gasteiger partial charge is 0.262 e. The van der Waals surface area contributed by atoms with Crippen LogP contribution in [0.5, 0.6) is 11.5 Å². The molecular formula is C22H23N3O4S. The Bertz CT molecular complexity index is 1170. The predicted octanol–water partition coefficient (Wildman–Crippen LogP) is 3.66. The number of ether oxygens (including phenoxy) is 2. The summed E-state index contributed by atoms with van der Waals surface area (Å²) in [7, 11) is 0. The first kappa shape index (κ1) is 20.2. The highest BCUT2D eigenvalue weighted by atomic mass is 32.1. The predicted molar refractivity (Wildman–Crippen MR) is 116 cm³/mol. The molecule has 4 rings (SSSR count). The standard InChI is InChI=1S/C22H23N3O4S/c26-20(23-13-15-7-3-1-4-8-15)9-5-2-6-10-25-21(27)16-11-18-19(29-14-28-18)12-17(16)24-22(25)30/h1,3-4,7-8,11-12H,2,5-6,9-10,13-14H2,(H,23,26)(H,24,30). The lowest BCUT2D eigenvalue weighted by Crippen LogP contribution is -2.23. The second-order valence-electron chi connectivity index (χ2n) is 7.21. The third-order valence-electron chi connectivity index (χ3n) is 5.09. The van der Waals surface area contributed by atoms with Crippen LogP contribution in [-0.4, -0.2) is 22.3 Å². The van der Waals surface area contributed by atoms with Crippen molar-refractivity contribution in [3.8, 4) is 11.5 Å². The Kier molecular flexibility index (Phi) is 6.13. The number of H-pyrrole nitrogens is 1.